The molecule has 1 heterocycles. The van der Waals surface area contributed by atoms with Gasteiger partial charge in [0.1, 0.15) is 17.5 Å². The highest BCUT2D eigenvalue weighted by atomic mass is 79.9. The van der Waals surface area contributed by atoms with E-state index >= 15 is 0 Å². The molecule has 0 spiro atoms. The quantitative estimate of drug-likeness (QED) is 0.656. The van der Waals surface area contributed by atoms with Gasteiger partial charge in [-0.25, -0.2) is 9.67 Å². The summed E-state index contributed by atoms with van der Waals surface area (Å²) in [7, 11) is 0. The van der Waals surface area contributed by atoms with Gasteiger partial charge in [-0.05, 0) is 48.0 Å². The number of aromatic nitrogens is 3. The summed E-state index contributed by atoms with van der Waals surface area (Å²) in [5.41, 5.74) is 7.01. The van der Waals surface area contributed by atoms with Gasteiger partial charge in [0.15, 0.2) is 0 Å². The van der Waals surface area contributed by atoms with Crippen LogP contribution in [0.5, 0.6) is 0 Å². The third-order valence-electron chi connectivity index (χ3n) is 2.36. The molecule has 0 saturated heterocycles. The molecule has 1 aromatic heterocycles. The smallest absolute Gasteiger partial charge is 0.148 e. The first-order valence-corrected chi connectivity index (χ1v) is 5.83. The minimum Gasteiger partial charge on any atom is -0.384 e. The molecule has 0 amide bonds. The molecule has 0 fully saturated rings. The van der Waals surface area contributed by atoms with Crippen LogP contribution in [0.15, 0.2) is 22.7 Å². The fourth-order valence-electron chi connectivity index (χ4n) is 1.62. The lowest BCUT2D eigenvalue weighted by Gasteiger charge is -2.07. The van der Waals surface area contributed by atoms with Crippen molar-refractivity contribution < 1.29 is 0 Å². The van der Waals surface area contributed by atoms with Crippen molar-refractivity contribution in [3.8, 4) is 5.69 Å². The maximum atomic E-state index is 7.41. The Hall–Kier alpha value is -1.69. The Morgan fingerprint density at radius 3 is 2.59 bits per heavy atom. The SMILES string of the molecule is Cc1nc(C)n(-c2ccc(C(=N)N)c(Br)c2)n1. The maximum absolute atomic E-state index is 7.41. The molecule has 5 nitrogen and oxygen atoms in total. The molecule has 1 aromatic carbocycles. The van der Waals surface area contributed by atoms with Gasteiger partial charge in [-0.15, -0.1) is 0 Å². The molecule has 0 saturated carbocycles. The highest BCUT2D eigenvalue weighted by molar-refractivity contribution is 9.10. The Morgan fingerprint density at radius 2 is 2.12 bits per heavy atom. The van der Waals surface area contributed by atoms with Crippen LogP contribution in [0.4, 0.5) is 0 Å². The highest BCUT2D eigenvalue weighted by Gasteiger charge is 2.08. The zero-order valence-corrected chi connectivity index (χ0v) is 11.1. The Labute approximate surface area is 107 Å². The third-order valence-corrected chi connectivity index (χ3v) is 3.02. The van der Waals surface area contributed by atoms with E-state index in [1.807, 2.05) is 26.0 Å². The Morgan fingerprint density at radius 1 is 1.41 bits per heavy atom. The van der Waals surface area contributed by atoms with Gasteiger partial charge in [-0.1, -0.05) is 0 Å². The lowest BCUT2D eigenvalue weighted by molar-refractivity contribution is 0.830. The number of aryl methyl sites for hydroxylation is 2. The molecule has 0 aliphatic rings. The zero-order chi connectivity index (χ0) is 12.6. The Balaban J connectivity index is 2.51. The first-order valence-electron chi connectivity index (χ1n) is 5.03. The fraction of sp³-hybridized carbons (Fsp3) is 0.182. The molecule has 17 heavy (non-hydrogen) atoms. The first kappa shape index (κ1) is 11.8. The van der Waals surface area contributed by atoms with E-state index in [0.29, 0.717) is 5.56 Å². The van der Waals surface area contributed by atoms with Crippen LogP contribution in [0.25, 0.3) is 5.69 Å². The summed E-state index contributed by atoms with van der Waals surface area (Å²) in [5, 5.41) is 11.7. The van der Waals surface area contributed by atoms with Crippen molar-refractivity contribution in [1.82, 2.24) is 14.8 Å². The van der Waals surface area contributed by atoms with E-state index in [-0.39, 0.29) is 5.84 Å². The van der Waals surface area contributed by atoms with E-state index in [1.165, 1.54) is 0 Å². The molecule has 0 aliphatic heterocycles. The molecule has 88 valence electrons. The number of halogens is 1. The van der Waals surface area contributed by atoms with Crippen molar-refractivity contribution in [2.75, 3.05) is 0 Å². The van der Waals surface area contributed by atoms with Crippen LogP contribution in [0.2, 0.25) is 0 Å². The molecule has 2 rings (SSSR count). The molecule has 2 aromatic rings. The standard InChI is InChI=1S/C11H12BrN5/c1-6-15-7(2)17(16-6)8-3-4-9(11(13)14)10(12)5-8/h3-5H,1-2H3,(H3,13,14). The van der Waals surface area contributed by atoms with Crippen LogP contribution < -0.4 is 5.73 Å². The summed E-state index contributed by atoms with van der Waals surface area (Å²) in [6.07, 6.45) is 0. The van der Waals surface area contributed by atoms with Gasteiger partial charge in [-0.2, -0.15) is 5.10 Å². The van der Waals surface area contributed by atoms with Gasteiger partial charge in [-0.3, -0.25) is 5.41 Å². The molecule has 0 radical (unpaired) electrons. The maximum Gasteiger partial charge on any atom is 0.148 e. The summed E-state index contributed by atoms with van der Waals surface area (Å²) in [4.78, 5) is 4.24. The van der Waals surface area contributed by atoms with Gasteiger partial charge < -0.3 is 5.73 Å². The van der Waals surface area contributed by atoms with Crippen LogP contribution >= 0.6 is 15.9 Å². The summed E-state index contributed by atoms with van der Waals surface area (Å²) in [6, 6.07) is 5.53. The average Bonchev–Trinajstić information content (AvgIpc) is 2.57. The number of nitrogens with two attached hydrogens (primary N) is 1. The summed E-state index contributed by atoms with van der Waals surface area (Å²) in [5.74, 6) is 1.59. The molecule has 0 atom stereocenters. The van der Waals surface area contributed by atoms with E-state index in [9.17, 15) is 0 Å². The molecular weight excluding hydrogens is 282 g/mol. The van der Waals surface area contributed by atoms with Gasteiger partial charge in [0.2, 0.25) is 0 Å². The normalized spacial score (nSPS) is 10.5. The second-order valence-corrected chi connectivity index (χ2v) is 4.55. The molecule has 0 bridgehead atoms. The van der Waals surface area contributed by atoms with Crippen molar-refractivity contribution >= 4 is 21.8 Å². The fourth-order valence-corrected chi connectivity index (χ4v) is 2.20. The van der Waals surface area contributed by atoms with Gasteiger partial charge >= 0.3 is 0 Å². The number of rotatable bonds is 2. The van der Waals surface area contributed by atoms with Crippen LogP contribution in [-0.4, -0.2) is 20.6 Å². The number of benzene rings is 1. The van der Waals surface area contributed by atoms with Gasteiger partial charge in [0, 0.05) is 10.0 Å². The Kier molecular flexibility index (Phi) is 2.97. The second-order valence-electron chi connectivity index (χ2n) is 3.70. The first-order chi connectivity index (χ1) is 7.99. The van der Waals surface area contributed by atoms with E-state index < -0.39 is 0 Å². The number of amidine groups is 1. The molecular formula is C11H12BrN5. The van der Waals surface area contributed by atoms with E-state index in [0.717, 1.165) is 21.8 Å². The van der Waals surface area contributed by atoms with Crippen LogP contribution in [0.3, 0.4) is 0 Å². The number of nitrogens with one attached hydrogen (secondary N) is 1. The number of hydrogen-bond acceptors (Lipinski definition) is 3. The van der Waals surface area contributed by atoms with Gasteiger partial charge in [0.25, 0.3) is 0 Å². The molecule has 0 unspecified atom stereocenters. The number of nitrogens with zero attached hydrogens (tertiary/aromatic N) is 3. The minimum absolute atomic E-state index is 0.0370. The van der Waals surface area contributed by atoms with Crippen molar-refractivity contribution in [2.45, 2.75) is 13.8 Å². The zero-order valence-electron chi connectivity index (χ0n) is 9.53. The topological polar surface area (TPSA) is 80.6 Å². The number of hydrogen-bond donors (Lipinski definition) is 2. The average molecular weight is 294 g/mol. The predicted molar refractivity (Wildman–Crippen MR) is 69.5 cm³/mol. The largest absolute Gasteiger partial charge is 0.384 e. The van der Waals surface area contributed by atoms with Crippen LogP contribution in [0.1, 0.15) is 17.2 Å². The lowest BCUT2D eigenvalue weighted by Crippen LogP contribution is -2.12. The predicted octanol–water partition coefficient (Wildman–Crippen LogP) is 1.93. The van der Waals surface area contributed by atoms with Crippen molar-refractivity contribution in [3.05, 3.63) is 39.9 Å². The minimum atomic E-state index is 0.0370. The lowest BCUT2D eigenvalue weighted by atomic mass is 10.2. The highest BCUT2D eigenvalue weighted by Crippen LogP contribution is 2.20. The summed E-state index contributed by atoms with van der Waals surface area (Å²) < 4.78 is 2.53. The van der Waals surface area contributed by atoms with Crippen molar-refractivity contribution in [3.63, 3.8) is 0 Å². The molecule has 0 aliphatic carbocycles. The number of nitrogen functional groups attached to an aromatic ring is 1. The van der Waals surface area contributed by atoms with E-state index in [4.69, 9.17) is 11.1 Å². The van der Waals surface area contributed by atoms with Crippen molar-refractivity contribution in [2.24, 2.45) is 5.73 Å². The van der Waals surface area contributed by atoms with Crippen LogP contribution in [-0.2, 0) is 0 Å². The van der Waals surface area contributed by atoms with Crippen LogP contribution in [0, 0.1) is 19.3 Å². The second kappa shape index (κ2) is 4.29. The molecule has 6 heteroatoms. The third kappa shape index (κ3) is 2.21. The van der Waals surface area contributed by atoms with Gasteiger partial charge in [0.05, 0.1) is 5.69 Å². The Bertz CT molecular complexity index is 588. The van der Waals surface area contributed by atoms with E-state index in [2.05, 4.69) is 26.0 Å². The van der Waals surface area contributed by atoms with Crippen molar-refractivity contribution in [1.29, 1.82) is 5.41 Å². The molecule has 3 N–H and O–H groups in total. The summed E-state index contributed by atoms with van der Waals surface area (Å²) >= 11 is 3.39. The summed E-state index contributed by atoms with van der Waals surface area (Å²) in [6.45, 7) is 3.75. The van der Waals surface area contributed by atoms with E-state index in [1.54, 1.807) is 10.7 Å². The monoisotopic (exact) mass is 293 g/mol.